The number of hydrogen-bond acceptors (Lipinski definition) is 1. The number of benzene rings is 1. The molecule has 16 heavy (non-hydrogen) atoms. The third-order valence-corrected chi connectivity index (χ3v) is 2.75. The zero-order chi connectivity index (χ0) is 11.0. The Morgan fingerprint density at radius 1 is 1.00 bits per heavy atom. The van der Waals surface area contributed by atoms with Crippen LogP contribution >= 0.6 is 0 Å². The van der Waals surface area contributed by atoms with Gasteiger partial charge in [0.25, 0.3) is 0 Å². The van der Waals surface area contributed by atoms with Crippen LogP contribution in [0, 0.1) is 0 Å². The fourth-order valence-corrected chi connectivity index (χ4v) is 2.00. The highest BCUT2D eigenvalue weighted by atomic mass is 19.1. The Balaban J connectivity index is 2.52. The number of nitrogens with one attached hydrogen (secondary N) is 1. The van der Waals surface area contributed by atoms with Gasteiger partial charge in [0.15, 0.2) is 0 Å². The average Bonchev–Trinajstić information content (AvgIpc) is 2.54. The molecule has 0 radical (unpaired) electrons. The normalized spacial score (nSPS) is 15.9. The Kier molecular flexibility index (Phi) is 2.00. The van der Waals surface area contributed by atoms with E-state index < -0.39 is 0 Å². The Hall–Kier alpha value is -2.09. The van der Waals surface area contributed by atoms with Gasteiger partial charge in [-0.3, -0.25) is 0 Å². The highest BCUT2D eigenvalue weighted by molar-refractivity contribution is 5.70. The largest absolute Gasteiger partial charge is 0.361 e. The van der Waals surface area contributed by atoms with Crippen molar-refractivity contribution < 1.29 is 4.39 Å². The summed E-state index contributed by atoms with van der Waals surface area (Å²) in [5.74, 6) is -0.189. The van der Waals surface area contributed by atoms with Crippen LogP contribution in [0.15, 0.2) is 42.6 Å². The standard InChI is InChI=1S/C14H10FN/c15-12-8-9-16-13-7-6-10-4-2-1-3-5-11(10)14(12)13/h1-9,16H. The van der Waals surface area contributed by atoms with Gasteiger partial charge in [-0.2, -0.15) is 0 Å². The molecule has 0 saturated carbocycles. The molecule has 2 heteroatoms. The molecule has 0 spiro atoms. The zero-order valence-electron chi connectivity index (χ0n) is 8.57. The molecular formula is C14H10FN. The SMILES string of the molecule is FC1=c2c(ccc3c2=CC=CC=C3)NC=C1. The third-order valence-electron chi connectivity index (χ3n) is 2.75. The van der Waals surface area contributed by atoms with Gasteiger partial charge in [-0.25, -0.2) is 4.39 Å². The van der Waals surface area contributed by atoms with Gasteiger partial charge in [0, 0.05) is 17.1 Å². The molecule has 0 bridgehead atoms. The monoisotopic (exact) mass is 211 g/mol. The molecule has 1 aromatic rings. The highest BCUT2D eigenvalue weighted by Crippen LogP contribution is 2.10. The molecule has 78 valence electrons. The van der Waals surface area contributed by atoms with Gasteiger partial charge >= 0.3 is 0 Å². The van der Waals surface area contributed by atoms with E-state index in [-0.39, 0.29) is 5.83 Å². The maximum Gasteiger partial charge on any atom is 0.134 e. The lowest BCUT2D eigenvalue weighted by molar-refractivity contribution is 0.758. The summed E-state index contributed by atoms with van der Waals surface area (Å²) < 4.78 is 13.8. The Bertz CT molecular complexity index is 648. The van der Waals surface area contributed by atoms with Crippen LogP contribution in [0.1, 0.15) is 5.56 Å². The van der Waals surface area contributed by atoms with Gasteiger partial charge in [0.2, 0.25) is 0 Å². The van der Waals surface area contributed by atoms with Crippen LogP contribution in [0.2, 0.25) is 0 Å². The van der Waals surface area contributed by atoms with E-state index in [1.807, 2.05) is 42.5 Å². The molecule has 0 atom stereocenters. The van der Waals surface area contributed by atoms with E-state index in [0.717, 1.165) is 16.5 Å². The first-order valence-corrected chi connectivity index (χ1v) is 5.17. The van der Waals surface area contributed by atoms with E-state index in [1.165, 1.54) is 6.08 Å². The molecule has 1 aliphatic heterocycles. The molecule has 0 unspecified atom stereocenters. The van der Waals surface area contributed by atoms with Crippen LogP contribution in [0.5, 0.6) is 0 Å². The van der Waals surface area contributed by atoms with E-state index in [1.54, 1.807) is 6.20 Å². The minimum absolute atomic E-state index is 0.189. The van der Waals surface area contributed by atoms with Crippen molar-refractivity contribution >= 4 is 23.7 Å². The first-order chi connectivity index (χ1) is 7.86. The van der Waals surface area contributed by atoms with Gasteiger partial charge in [0.05, 0.1) is 0 Å². The summed E-state index contributed by atoms with van der Waals surface area (Å²) in [5, 5.41) is 4.63. The maximum atomic E-state index is 13.8. The molecule has 0 aromatic heterocycles. The van der Waals surface area contributed by atoms with Crippen LogP contribution in [-0.4, -0.2) is 0 Å². The fourth-order valence-electron chi connectivity index (χ4n) is 2.00. The van der Waals surface area contributed by atoms with Crippen molar-refractivity contribution in [3.05, 3.63) is 58.6 Å². The van der Waals surface area contributed by atoms with Crippen LogP contribution in [-0.2, 0) is 0 Å². The Morgan fingerprint density at radius 2 is 1.94 bits per heavy atom. The van der Waals surface area contributed by atoms with Crippen LogP contribution in [0.3, 0.4) is 0 Å². The summed E-state index contributed by atoms with van der Waals surface area (Å²) in [6, 6.07) is 3.90. The lowest BCUT2D eigenvalue weighted by atomic mass is 10.1. The van der Waals surface area contributed by atoms with Crippen molar-refractivity contribution in [3.8, 4) is 0 Å². The molecule has 0 amide bonds. The predicted molar refractivity (Wildman–Crippen MR) is 65.6 cm³/mol. The molecule has 1 aromatic carbocycles. The third kappa shape index (κ3) is 1.31. The van der Waals surface area contributed by atoms with Gasteiger partial charge < -0.3 is 5.32 Å². The van der Waals surface area contributed by atoms with Gasteiger partial charge in [-0.05, 0) is 22.9 Å². The minimum atomic E-state index is -0.189. The minimum Gasteiger partial charge on any atom is -0.361 e. The molecule has 1 heterocycles. The van der Waals surface area contributed by atoms with Crippen molar-refractivity contribution in [2.45, 2.75) is 0 Å². The van der Waals surface area contributed by atoms with Gasteiger partial charge in [0.1, 0.15) is 5.83 Å². The van der Waals surface area contributed by atoms with E-state index in [2.05, 4.69) is 5.32 Å². The van der Waals surface area contributed by atoms with Crippen LogP contribution in [0.4, 0.5) is 10.1 Å². The second-order valence-electron chi connectivity index (χ2n) is 3.73. The topological polar surface area (TPSA) is 12.0 Å². The Morgan fingerprint density at radius 3 is 2.88 bits per heavy atom. The van der Waals surface area contributed by atoms with Crippen molar-refractivity contribution in [3.63, 3.8) is 0 Å². The van der Waals surface area contributed by atoms with Crippen LogP contribution in [0.25, 0.3) is 18.0 Å². The maximum absolute atomic E-state index is 13.8. The summed E-state index contributed by atoms with van der Waals surface area (Å²) in [5.41, 5.74) is 1.86. The molecule has 3 rings (SSSR count). The average molecular weight is 211 g/mol. The van der Waals surface area contributed by atoms with Gasteiger partial charge in [-0.1, -0.05) is 36.4 Å². The zero-order valence-corrected chi connectivity index (χ0v) is 8.57. The first kappa shape index (κ1) is 9.16. The van der Waals surface area contributed by atoms with Crippen molar-refractivity contribution in [1.82, 2.24) is 0 Å². The van der Waals surface area contributed by atoms with Crippen molar-refractivity contribution in [2.24, 2.45) is 0 Å². The smallest absolute Gasteiger partial charge is 0.134 e. The summed E-state index contributed by atoms with van der Waals surface area (Å²) in [7, 11) is 0. The number of rotatable bonds is 0. The molecule has 2 aliphatic rings. The highest BCUT2D eigenvalue weighted by Gasteiger charge is 2.07. The number of anilines is 1. The molecule has 0 fully saturated rings. The first-order valence-electron chi connectivity index (χ1n) is 5.17. The molecule has 1 nitrogen and oxygen atoms in total. The molecular weight excluding hydrogens is 201 g/mol. The number of allylic oxidation sites excluding steroid dienone is 4. The lowest BCUT2D eigenvalue weighted by Crippen LogP contribution is -2.32. The summed E-state index contributed by atoms with van der Waals surface area (Å²) in [4.78, 5) is 0. The van der Waals surface area contributed by atoms with Crippen LogP contribution < -0.4 is 15.8 Å². The molecule has 1 N–H and O–H groups in total. The van der Waals surface area contributed by atoms with Crippen molar-refractivity contribution in [1.29, 1.82) is 0 Å². The second-order valence-corrected chi connectivity index (χ2v) is 3.73. The van der Waals surface area contributed by atoms with E-state index >= 15 is 0 Å². The summed E-state index contributed by atoms with van der Waals surface area (Å²) in [6.45, 7) is 0. The summed E-state index contributed by atoms with van der Waals surface area (Å²) >= 11 is 0. The number of fused-ring (bicyclic) bond motifs is 3. The predicted octanol–water partition coefficient (Wildman–Crippen LogP) is 2.07. The number of hydrogen-bond donors (Lipinski definition) is 1. The second kappa shape index (κ2) is 3.49. The quantitative estimate of drug-likeness (QED) is 0.692. The molecule has 0 saturated heterocycles. The molecule has 1 aliphatic carbocycles. The van der Waals surface area contributed by atoms with Crippen molar-refractivity contribution in [2.75, 3.05) is 5.32 Å². The Labute approximate surface area is 92.6 Å². The van der Waals surface area contributed by atoms with Gasteiger partial charge in [-0.15, -0.1) is 0 Å². The summed E-state index contributed by atoms with van der Waals surface area (Å²) in [6.07, 6.45) is 12.8. The number of halogens is 1. The lowest BCUT2D eigenvalue weighted by Gasteiger charge is -2.09. The van der Waals surface area contributed by atoms with E-state index in [9.17, 15) is 4.39 Å². The van der Waals surface area contributed by atoms with E-state index in [0.29, 0.717) is 5.22 Å². The fraction of sp³-hybridized carbons (Fsp3) is 0. The van der Waals surface area contributed by atoms with E-state index in [4.69, 9.17) is 0 Å².